The van der Waals surface area contributed by atoms with Gasteiger partial charge in [-0.1, -0.05) is 0 Å². The van der Waals surface area contributed by atoms with Gasteiger partial charge in [0.15, 0.2) is 0 Å². The summed E-state index contributed by atoms with van der Waals surface area (Å²) in [5.41, 5.74) is 0. The number of aromatic nitrogens is 2. The van der Waals surface area contributed by atoms with Gasteiger partial charge in [0, 0.05) is 5.92 Å². The van der Waals surface area contributed by atoms with Crippen LogP contribution in [0.5, 0.6) is 0 Å². The van der Waals surface area contributed by atoms with E-state index in [2.05, 4.69) is 19.9 Å². The van der Waals surface area contributed by atoms with Gasteiger partial charge < -0.3 is 9.73 Å². The molecule has 0 unspecified atom stereocenters. The van der Waals surface area contributed by atoms with Gasteiger partial charge in [0.1, 0.15) is 0 Å². The lowest BCUT2D eigenvalue weighted by Gasteiger charge is -2.18. The van der Waals surface area contributed by atoms with E-state index in [1.807, 2.05) is 0 Å². The van der Waals surface area contributed by atoms with Gasteiger partial charge in [0.05, 0.1) is 0 Å². The Kier molecular flexibility index (Phi) is 4.15. The van der Waals surface area contributed by atoms with Crippen LogP contribution < -0.4 is 5.32 Å². The average molecular weight is 258 g/mol. The number of rotatable bonds is 1. The monoisotopic (exact) mass is 257 g/mol. The molecule has 1 fully saturated rings. The Morgan fingerprint density at radius 2 is 1.81 bits per heavy atom. The molecular weight excluding hydrogens is 247 g/mol. The molecule has 4 nitrogen and oxygen atoms in total. The summed E-state index contributed by atoms with van der Waals surface area (Å²) in [6.07, 6.45) is -3.07. The van der Waals surface area contributed by atoms with Gasteiger partial charge in [0.25, 0.3) is 0 Å². The zero-order valence-electron chi connectivity index (χ0n) is 8.25. The molecule has 2 rings (SSSR count). The van der Waals surface area contributed by atoms with Crippen molar-refractivity contribution in [2.75, 3.05) is 13.1 Å². The highest BCUT2D eigenvalue weighted by atomic mass is 35.5. The van der Waals surface area contributed by atoms with Crippen molar-refractivity contribution in [1.29, 1.82) is 0 Å². The first-order valence-corrected chi connectivity index (χ1v) is 4.68. The fourth-order valence-electron chi connectivity index (χ4n) is 1.58. The van der Waals surface area contributed by atoms with Crippen LogP contribution in [0.3, 0.4) is 0 Å². The normalized spacial score (nSPS) is 18.2. The first-order valence-electron chi connectivity index (χ1n) is 4.68. The molecule has 0 aromatic carbocycles. The van der Waals surface area contributed by atoms with Crippen molar-refractivity contribution in [2.45, 2.75) is 24.9 Å². The van der Waals surface area contributed by atoms with Crippen molar-refractivity contribution in [2.24, 2.45) is 0 Å². The molecule has 1 aromatic heterocycles. The van der Waals surface area contributed by atoms with E-state index in [0.717, 1.165) is 25.9 Å². The van der Waals surface area contributed by atoms with E-state index in [9.17, 15) is 13.2 Å². The second-order valence-electron chi connectivity index (χ2n) is 3.47. The Morgan fingerprint density at radius 1 is 1.19 bits per heavy atom. The van der Waals surface area contributed by atoms with Crippen LogP contribution in [0.1, 0.15) is 30.5 Å². The molecule has 0 radical (unpaired) electrons. The van der Waals surface area contributed by atoms with Crippen molar-refractivity contribution >= 4 is 12.4 Å². The second kappa shape index (κ2) is 5.01. The summed E-state index contributed by atoms with van der Waals surface area (Å²) in [7, 11) is 0. The third-order valence-electron chi connectivity index (χ3n) is 2.37. The summed E-state index contributed by atoms with van der Waals surface area (Å²) in [4.78, 5) is 0. The average Bonchev–Trinajstić information content (AvgIpc) is 2.67. The summed E-state index contributed by atoms with van der Waals surface area (Å²) in [5, 5.41) is 9.55. The minimum atomic E-state index is -4.54. The molecule has 0 amide bonds. The Morgan fingerprint density at radius 3 is 2.31 bits per heavy atom. The van der Waals surface area contributed by atoms with Crippen molar-refractivity contribution in [3.63, 3.8) is 0 Å². The van der Waals surface area contributed by atoms with Gasteiger partial charge in [-0.3, -0.25) is 0 Å². The number of hydrogen-bond acceptors (Lipinski definition) is 4. The topological polar surface area (TPSA) is 51.0 Å². The molecule has 0 saturated carbocycles. The third kappa shape index (κ3) is 2.85. The molecular formula is C8H11ClF3N3O. The maximum Gasteiger partial charge on any atom is 0.470 e. The van der Waals surface area contributed by atoms with Crippen LogP contribution in [0, 0.1) is 0 Å². The van der Waals surface area contributed by atoms with E-state index in [1.54, 1.807) is 0 Å². The molecule has 0 spiro atoms. The van der Waals surface area contributed by atoms with Gasteiger partial charge >= 0.3 is 12.1 Å². The van der Waals surface area contributed by atoms with Crippen molar-refractivity contribution < 1.29 is 17.6 Å². The molecule has 16 heavy (non-hydrogen) atoms. The number of alkyl halides is 3. The van der Waals surface area contributed by atoms with Crippen LogP contribution in [-0.2, 0) is 6.18 Å². The van der Waals surface area contributed by atoms with Gasteiger partial charge in [0.2, 0.25) is 5.89 Å². The standard InChI is InChI=1S/C8H10F3N3O.ClH/c9-8(10,11)7-14-13-6(15-7)5-1-3-12-4-2-5;/h5,12H,1-4H2;1H. The summed E-state index contributed by atoms with van der Waals surface area (Å²) < 4.78 is 41.1. The number of hydrogen-bond donors (Lipinski definition) is 1. The molecule has 0 atom stereocenters. The van der Waals surface area contributed by atoms with E-state index < -0.39 is 12.1 Å². The van der Waals surface area contributed by atoms with E-state index in [0.29, 0.717) is 0 Å². The summed E-state index contributed by atoms with van der Waals surface area (Å²) in [6.45, 7) is 1.54. The van der Waals surface area contributed by atoms with E-state index in [4.69, 9.17) is 0 Å². The summed E-state index contributed by atoms with van der Waals surface area (Å²) >= 11 is 0. The van der Waals surface area contributed by atoms with Crippen molar-refractivity contribution in [1.82, 2.24) is 15.5 Å². The first kappa shape index (κ1) is 13.2. The Balaban J connectivity index is 0.00000128. The van der Waals surface area contributed by atoms with Crippen LogP contribution in [0.15, 0.2) is 4.42 Å². The van der Waals surface area contributed by atoms with Crippen LogP contribution in [-0.4, -0.2) is 23.3 Å². The minimum Gasteiger partial charge on any atom is -0.417 e. The van der Waals surface area contributed by atoms with E-state index >= 15 is 0 Å². The number of nitrogens with one attached hydrogen (secondary N) is 1. The predicted octanol–water partition coefficient (Wildman–Crippen LogP) is 1.98. The lowest BCUT2D eigenvalue weighted by molar-refractivity contribution is -0.157. The van der Waals surface area contributed by atoms with Crippen molar-refractivity contribution in [3.8, 4) is 0 Å². The molecule has 1 N–H and O–H groups in total. The molecule has 1 aliphatic rings. The highest BCUT2D eigenvalue weighted by molar-refractivity contribution is 5.85. The zero-order chi connectivity index (χ0) is 10.9. The maximum atomic E-state index is 12.2. The highest BCUT2D eigenvalue weighted by Crippen LogP contribution is 2.31. The van der Waals surface area contributed by atoms with Gasteiger partial charge in [-0.25, -0.2) is 0 Å². The predicted molar refractivity (Wildman–Crippen MR) is 51.4 cm³/mol. The van der Waals surface area contributed by atoms with E-state index in [-0.39, 0.29) is 24.2 Å². The summed E-state index contributed by atoms with van der Waals surface area (Å²) in [5.74, 6) is -1.20. The molecule has 0 bridgehead atoms. The third-order valence-corrected chi connectivity index (χ3v) is 2.37. The van der Waals surface area contributed by atoms with Crippen LogP contribution in [0.25, 0.3) is 0 Å². The largest absolute Gasteiger partial charge is 0.470 e. The smallest absolute Gasteiger partial charge is 0.417 e. The first-order chi connectivity index (χ1) is 7.07. The van der Waals surface area contributed by atoms with Crippen LogP contribution >= 0.6 is 12.4 Å². The quantitative estimate of drug-likeness (QED) is 0.836. The lowest BCUT2D eigenvalue weighted by Crippen LogP contribution is -2.26. The van der Waals surface area contributed by atoms with Gasteiger partial charge in [-0.2, -0.15) is 13.2 Å². The maximum absolute atomic E-state index is 12.2. The highest BCUT2D eigenvalue weighted by Gasteiger charge is 2.38. The minimum absolute atomic E-state index is 0. The van der Waals surface area contributed by atoms with Gasteiger partial charge in [-0.05, 0) is 25.9 Å². The van der Waals surface area contributed by atoms with Crippen LogP contribution in [0.4, 0.5) is 13.2 Å². The molecule has 92 valence electrons. The molecule has 1 saturated heterocycles. The zero-order valence-corrected chi connectivity index (χ0v) is 9.07. The fourth-order valence-corrected chi connectivity index (χ4v) is 1.58. The molecule has 0 aliphatic carbocycles. The summed E-state index contributed by atoms with van der Waals surface area (Å²) in [6, 6.07) is 0. The molecule has 1 aliphatic heterocycles. The number of halogens is 4. The Labute approximate surface area is 96.0 Å². The van der Waals surface area contributed by atoms with E-state index in [1.165, 1.54) is 0 Å². The van der Waals surface area contributed by atoms with Crippen LogP contribution in [0.2, 0.25) is 0 Å². The van der Waals surface area contributed by atoms with Gasteiger partial charge in [-0.15, -0.1) is 22.6 Å². The Bertz CT molecular complexity index is 336. The fraction of sp³-hybridized carbons (Fsp3) is 0.750. The number of nitrogens with zero attached hydrogens (tertiary/aromatic N) is 2. The molecule has 8 heteroatoms. The lowest BCUT2D eigenvalue weighted by atomic mass is 9.98. The molecule has 2 heterocycles. The Hall–Kier alpha value is -0.820. The molecule has 1 aromatic rings. The second-order valence-corrected chi connectivity index (χ2v) is 3.47. The SMILES string of the molecule is Cl.FC(F)(F)c1nnc(C2CCNCC2)o1. The van der Waals surface area contributed by atoms with Crippen molar-refractivity contribution in [3.05, 3.63) is 11.8 Å². The number of piperidine rings is 1.